The van der Waals surface area contributed by atoms with Crippen LogP contribution in [0, 0.1) is 17.8 Å². The van der Waals surface area contributed by atoms with Gasteiger partial charge in [-0.3, -0.25) is 9.78 Å². The monoisotopic (exact) mass is 405 g/mol. The van der Waals surface area contributed by atoms with Crippen LogP contribution in [-0.4, -0.2) is 10.8 Å². The van der Waals surface area contributed by atoms with Gasteiger partial charge in [0.2, 0.25) is 0 Å². The topological polar surface area (TPSA) is 30.0 Å². The Morgan fingerprint density at radius 3 is 2.52 bits per heavy atom. The number of Topliss-reactive ketones (excluding diaryl/α,β-unsaturated/α-hetero) is 1. The molecule has 0 radical (unpaired) electrons. The maximum absolute atomic E-state index is 13.2. The van der Waals surface area contributed by atoms with Crippen molar-refractivity contribution in [2.75, 3.05) is 0 Å². The van der Waals surface area contributed by atoms with Gasteiger partial charge in [-0.1, -0.05) is 56.0 Å². The number of carbonyl (C=O) groups excluding carboxylic acids is 1. The van der Waals surface area contributed by atoms with E-state index in [9.17, 15) is 4.79 Å². The Bertz CT molecular complexity index is 996. The van der Waals surface area contributed by atoms with Gasteiger partial charge in [0.1, 0.15) is 0 Å². The van der Waals surface area contributed by atoms with E-state index >= 15 is 0 Å². The summed E-state index contributed by atoms with van der Waals surface area (Å²) in [6.45, 7) is 0. The number of halogens is 1. The summed E-state index contributed by atoms with van der Waals surface area (Å²) in [5, 5.41) is 2.30. The van der Waals surface area contributed by atoms with Crippen LogP contribution in [0.1, 0.15) is 55.3 Å². The fourth-order valence-corrected chi connectivity index (χ4v) is 4.90. The van der Waals surface area contributed by atoms with E-state index in [-0.39, 0.29) is 18.3 Å². The average molecular weight is 406 g/mol. The number of benzene rings is 2. The van der Waals surface area contributed by atoms with E-state index in [2.05, 4.69) is 35.3 Å². The maximum atomic E-state index is 13.2. The van der Waals surface area contributed by atoms with Gasteiger partial charge in [-0.15, -0.1) is 12.4 Å². The van der Waals surface area contributed by atoms with Crippen LogP contribution in [0.2, 0.25) is 0 Å². The summed E-state index contributed by atoms with van der Waals surface area (Å²) >= 11 is 0. The zero-order valence-corrected chi connectivity index (χ0v) is 17.5. The number of hydrogen-bond acceptors (Lipinski definition) is 2. The van der Waals surface area contributed by atoms with Gasteiger partial charge in [-0.2, -0.15) is 0 Å². The summed E-state index contributed by atoms with van der Waals surface area (Å²) in [6, 6.07) is 18.6. The molecule has 1 aromatic heterocycles. The second kappa shape index (κ2) is 8.67. The van der Waals surface area contributed by atoms with E-state index in [4.69, 9.17) is 0 Å². The number of aromatic nitrogens is 1. The molecule has 0 bridgehead atoms. The molecule has 3 heteroatoms. The Kier molecular flexibility index (Phi) is 6.01. The summed E-state index contributed by atoms with van der Waals surface area (Å²) in [4.78, 5) is 17.6. The van der Waals surface area contributed by atoms with Crippen molar-refractivity contribution in [3.05, 3.63) is 66.4 Å². The molecule has 1 heterocycles. The normalized spacial score (nSPS) is 21.5. The van der Waals surface area contributed by atoms with Gasteiger partial charge in [0.25, 0.3) is 0 Å². The molecule has 3 aromatic rings. The first-order valence-electron chi connectivity index (χ1n) is 10.8. The van der Waals surface area contributed by atoms with Crippen LogP contribution in [0.5, 0.6) is 0 Å². The van der Waals surface area contributed by atoms with Crippen LogP contribution in [0.15, 0.2) is 60.8 Å². The van der Waals surface area contributed by atoms with E-state index < -0.39 is 0 Å². The molecule has 5 rings (SSSR count). The molecule has 2 aliphatic carbocycles. The standard InChI is InChI=1S/C26H27NO.ClH/c28-26(23-5-3-4-19(15-23)14-18-7-8-18)24-12-10-20-16-22(11-9-21(20)17-24)25-6-1-2-13-27-25;/h1-2,6,9-13,16-19,23H,3-5,7-8,14-15H2;1H. The van der Waals surface area contributed by atoms with Gasteiger partial charge in [0, 0.05) is 23.2 Å². The Morgan fingerprint density at radius 2 is 1.72 bits per heavy atom. The molecule has 0 spiro atoms. The minimum atomic E-state index is 0. The van der Waals surface area contributed by atoms with Crippen molar-refractivity contribution >= 4 is 29.0 Å². The largest absolute Gasteiger partial charge is 0.294 e. The van der Waals surface area contributed by atoms with Crippen molar-refractivity contribution < 1.29 is 4.79 Å². The van der Waals surface area contributed by atoms with Crippen molar-refractivity contribution in [3.8, 4) is 11.3 Å². The van der Waals surface area contributed by atoms with Gasteiger partial charge in [-0.05, 0) is 66.1 Å². The summed E-state index contributed by atoms with van der Waals surface area (Å²) < 4.78 is 0. The van der Waals surface area contributed by atoms with E-state index in [0.29, 0.717) is 5.78 Å². The van der Waals surface area contributed by atoms with Crippen molar-refractivity contribution in [2.45, 2.75) is 44.9 Å². The lowest BCUT2D eigenvalue weighted by Crippen LogP contribution is -2.23. The Hall–Kier alpha value is -2.19. The van der Waals surface area contributed by atoms with Gasteiger partial charge < -0.3 is 0 Å². The minimum Gasteiger partial charge on any atom is -0.294 e. The van der Waals surface area contributed by atoms with Gasteiger partial charge in [-0.25, -0.2) is 0 Å². The lowest BCUT2D eigenvalue weighted by Gasteiger charge is -2.28. The number of carbonyl (C=O) groups is 1. The SMILES string of the molecule is Cl.O=C(c1ccc2cc(-c3ccccn3)ccc2c1)C1CCCC(CC2CC2)C1. The highest BCUT2D eigenvalue weighted by atomic mass is 35.5. The van der Waals surface area contributed by atoms with Crippen LogP contribution in [-0.2, 0) is 0 Å². The average Bonchev–Trinajstić information content (AvgIpc) is 3.57. The molecule has 2 unspecified atom stereocenters. The summed E-state index contributed by atoms with van der Waals surface area (Å²) in [5.74, 6) is 2.32. The number of pyridine rings is 1. The molecule has 0 amide bonds. The van der Waals surface area contributed by atoms with Crippen molar-refractivity contribution in [2.24, 2.45) is 17.8 Å². The maximum Gasteiger partial charge on any atom is 0.165 e. The van der Waals surface area contributed by atoms with Crippen molar-refractivity contribution in [1.29, 1.82) is 0 Å². The molecule has 150 valence electrons. The van der Waals surface area contributed by atoms with Crippen LogP contribution in [0.3, 0.4) is 0 Å². The third-order valence-electron chi connectivity index (χ3n) is 6.60. The number of fused-ring (bicyclic) bond motifs is 1. The Morgan fingerprint density at radius 1 is 0.897 bits per heavy atom. The summed E-state index contributed by atoms with van der Waals surface area (Å²) in [6.07, 6.45) is 10.7. The molecule has 2 atom stereocenters. The molecule has 0 aliphatic heterocycles. The Labute approximate surface area is 179 Å². The lowest BCUT2D eigenvalue weighted by atomic mass is 9.76. The second-order valence-corrected chi connectivity index (χ2v) is 8.76. The van der Waals surface area contributed by atoms with Crippen LogP contribution < -0.4 is 0 Å². The third-order valence-corrected chi connectivity index (χ3v) is 6.60. The van der Waals surface area contributed by atoms with Crippen molar-refractivity contribution in [1.82, 2.24) is 4.98 Å². The van der Waals surface area contributed by atoms with Gasteiger partial charge >= 0.3 is 0 Å². The molecule has 2 saturated carbocycles. The fourth-order valence-electron chi connectivity index (χ4n) is 4.90. The molecule has 0 saturated heterocycles. The molecule has 2 nitrogen and oxygen atoms in total. The predicted octanol–water partition coefficient (Wildman–Crippen LogP) is 7.11. The van der Waals surface area contributed by atoms with Crippen molar-refractivity contribution in [3.63, 3.8) is 0 Å². The van der Waals surface area contributed by atoms with E-state index in [1.165, 1.54) is 32.1 Å². The first-order valence-corrected chi connectivity index (χ1v) is 10.8. The van der Waals surface area contributed by atoms with Gasteiger partial charge in [0.05, 0.1) is 5.69 Å². The highest BCUT2D eigenvalue weighted by Gasteiger charge is 2.32. The minimum absolute atomic E-state index is 0. The Balaban J connectivity index is 0.00000205. The summed E-state index contributed by atoms with van der Waals surface area (Å²) in [5.41, 5.74) is 2.98. The second-order valence-electron chi connectivity index (χ2n) is 8.76. The van der Waals surface area contributed by atoms with E-state index in [1.54, 1.807) is 0 Å². The van der Waals surface area contributed by atoms with Crippen LogP contribution in [0.4, 0.5) is 0 Å². The number of hydrogen-bond donors (Lipinski definition) is 0. The zero-order chi connectivity index (χ0) is 18.9. The highest BCUT2D eigenvalue weighted by molar-refractivity contribution is 6.01. The molecule has 0 N–H and O–H groups in total. The van der Waals surface area contributed by atoms with E-state index in [0.717, 1.165) is 52.3 Å². The number of nitrogens with zero attached hydrogens (tertiary/aromatic N) is 1. The van der Waals surface area contributed by atoms with E-state index in [1.807, 2.05) is 30.5 Å². The lowest BCUT2D eigenvalue weighted by molar-refractivity contribution is 0.0858. The smallest absolute Gasteiger partial charge is 0.165 e. The molecule has 2 fully saturated rings. The molecular formula is C26H28ClNO. The summed E-state index contributed by atoms with van der Waals surface area (Å²) in [7, 11) is 0. The number of ketones is 1. The third kappa shape index (κ3) is 4.53. The highest BCUT2D eigenvalue weighted by Crippen LogP contribution is 2.42. The van der Waals surface area contributed by atoms with Crippen LogP contribution in [0.25, 0.3) is 22.0 Å². The number of rotatable bonds is 5. The molecule has 2 aliphatic rings. The predicted molar refractivity (Wildman–Crippen MR) is 122 cm³/mol. The molecular weight excluding hydrogens is 378 g/mol. The molecule has 29 heavy (non-hydrogen) atoms. The first kappa shape index (κ1) is 20.1. The zero-order valence-electron chi connectivity index (χ0n) is 16.7. The fraction of sp³-hybridized carbons (Fsp3) is 0.385. The molecule has 2 aromatic carbocycles. The first-order chi connectivity index (χ1) is 13.8. The van der Waals surface area contributed by atoms with Crippen LogP contribution >= 0.6 is 12.4 Å². The van der Waals surface area contributed by atoms with Gasteiger partial charge in [0.15, 0.2) is 5.78 Å². The quantitative estimate of drug-likeness (QED) is 0.423.